The van der Waals surface area contributed by atoms with E-state index in [0.717, 1.165) is 6.42 Å². The van der Waals surface area contributed by atoms with Gasteiger partial charge in [0.25, 0.3) is 0 Å². The maximum atomic E-state index is 13.3. The van der Waals surface area contributed by atoms with E-state index in [4.69, 9.17) is 0 Å². The first kappa shape index (κ1) is 14.1. The topological polar surface area (TPSA) is 41.1 Å². The molecular weight excluding hydrogens is 255 g/mol. The molecule has 0 unspecified atom stereocenters. The third-order valence-electron chi connectivity index (χ3n) is 2.89. The van der Waals surface area contributed by atoms with Gasteiger partial charge in [0, 0.05) is 6.54 Å². The summed E-state index contributed by atoms with van der Waals surface area (Å²) in [5.74, 6) is -0.506. The van der Waals surface area contributed by atoms with E-state index in [1.165, 1.54) is 11.6 Å². The van der Waals surface area contributed by atoms with Gasteiger partial charge in [-0.25, -0.2) is 4.39 Å². The first-order chi connectivity index (χ1) is 9.75. The van der Waals surface area contributed by atoms with Gasteiger partial charge in [-0.15, -0.1) is 0 Å². The van der Waals surface area contributed by atoms with E-state index < -0.39 is 0 Å². The highest BCUT2D eigenvalue weighted by molar-refractivity contribution is 5.80. The molecule has 4 heteroatoms. The SMILES string of the molecule is O=C(CNc1ccccc1F)NCCc1ccccc1. The van der Waals surface area contributed by atoms with Gasteiger partial charge in [0.2, 0.25) is 5.91 Å². The smallest absolute Gasteiger partial charge is 0.239 e. The Labute approximate surface area is 117 Å². The van der Waals surface area contributed by atoms with E-state index in [1.54, 1.807) is 18.2 Å². The summed E-state index contributed by atoms with van der Waals surface area (Å²) in [5.41, 5.74) is 1.51. The molecule has 0 aliphatic carbocycles. The molecule has 0 spiro atoms. The zero-order valence-electron chi connectivity index (χ0n) is 11.1. The molecule has 0 aromatic heterocycles. The quantitative estimate of drug-likeness (QED) is 0.848. The van der Waals surface area contributed by atoms with Crippen molar-refractivity contribution in [2.75, 3.05) is 18.4 Å². The molecule has 0 bridgehead atoms. The van der Waals surface area contributed by atoms with Crippen LogP contribution in [0.5, 0.6) is 0 Å². The number of nitrogens with one attached hydrogen (secondary N) is 2. The third-order valence-corrected chi connectivity index (χ3v) is 2.89. The van der Waals surface area contributed by atoms with Crippen LogP contribution in [0.1, 0.15) is 5.56 Å². The summed E-state index contributed by atoms with van der Waals surface area (Å²) in [6.07, 6.45) is 0.784. The Morgan fingerprint density at radius 1 is 1.00 bits per heavy atom. The first-order valence-corrected chi connectivity index (χ1v) is 6.55. The summed E-state index contributed by atoms with van der Waals surface area (Å²) in [6, 6.07) is 16.2. The van der Waals surface area contributed by atoms with Crippen molar-refractivity contribution in [3.63, 3.8) is 0 Å². The van der Waals surface area contributed by atoms with E-state index in [1.807, 2.05) is 30.3 Å². The van der Waals surface area contributed by atoms with Crippen molar-refractivity contribution >= 4 is 11.6 Å². The highest BCUT2D eigenvalue weighted by atomic mass is 19.1. The number of rotatable bonds is 6. The molecule has 0 atom stereocenters. The molecule has 2 N–H and O–H groups in total. The molecule has 0 aliphatic rings. The summed E-state index contributed by atoms with van der Waals surface area (Å²) in [4.78, 5) is 11.6. The van der Waals surface area contributed by atoms with Crippen LogP contribution in [0.3, 0.4) is 0 Å². The molecule has 0 saturated heterocycles. The number of amides is 1. The molecule has 2 aromatic carbocycles. The Morgan fingerprint density at radius 3 is 2.45 bits per heavy atom. The second kappa shape index (κ2) is 7.28. The number of benzene rings is 2. The summed E-state index contributed by atoms with van der Waals surface area (Å²) in [7, 11) is 0. The molecule has 0 saturated carbocycles. The Kier molecular flexibility index (Phi) is 5.12. The van der Waals surface area contributed by atoms with E-state index in [9.17, 15) is 9.18 Å². The average Bonchev–Trinajstić information content (AvgIpc) is 2.47. The first-order valence-electron chi connectivity index (χ1n) is 6.55. The highest BCUT2D eigenvalue weighted by Gasteiger charge is 2.03. The van der Waals surface area contributed by atoms with Gasteiger partial charge in [0.05, 0.1) is 12.2 Å². The van der Waals surface area contributed by atoms with Crippen LogP contribution in [0, 0.1) is 5.82 Å². The summed E-state index contributed by atoms with van der Waals surface area (Å²) in [5, 5.41) is 5.57. The Balaban J connectivity index is 1.70. The molecule has 0 heterocycles. The highest BCUT2D eigenvalue weighted by Crippen LogP contribution is 2.11. The normalized spacial score (nSPS) is 10.1. The van der Waals surface area contributed by atoms with Crippen molar-refractivity contribution in [2.45, 2.75) is 6.42 Å². The molecule has 0 aliphatic heterocycles. The number of hydrogen-bond acceptors (Lipinski definition) is 2. The molecule has 0 fully saturated rings. The molecule has 2 rings (SSSR count). The van der Waals surface area contributed by atoms with Gasteiger partial charge in [0.1, 0.15) is 5.82 Å². The van der Waals surface area contributed by atoms with Crippen LogP contribution in [-0.4, -0.2) is 19.0 Å². The lowest BCUT2D eigenvalue weighted by molar-refractivity contribution is -0.119. The Morgan fingerprint density at radius 2 is 1.70 bits per heavy atom. The number of hydrogen-bond donors (Lipinski definition) is 2. The summed E-state index contributed by atoms with van der Waals surface area (Å²) >= 11 is 0. The van der Waals surface area contributed by atoms with Crippen LogP contribution in [0.2, 0.25) is 0 Å². The fourth-order valence-corrected chi connectivity index (χ4v) is 1.83. The zero-order chi connectivity index (χ0) is 14.2. The van der Waals surface area contributed by atoms with Crippen LogP contribution in [0.15, 0.2) is 54.6 Å². The van der Waals surface area contributed by atoms with Gasteiger partial charge in [-0.2, -0.15) is 0 Å². The molecule has 3 nitrogen and oxygen atoms in total. The largest absolute Gasteiger partial charge is 0.374 e. The lowest BCUT2D eigenvalue weighted by Crippen LogP contribution is -2.31. The predicted octanol–water partition coefficient (Wildman–Crippen LogP) is 2.60. The van der Waals surface area contributed by atoms with Crippen molar-refractivity contribution in [3.8, 4) is 0 Å². The predicted molar refractivity (Wildman–Crippen MR) is 78.0 cm³/mol. The van der Waals surface area contributed by atoms with Crippen molar-refractivity contribution in [3.05, 3.63) is 66.0 Å². The lowest BCUT2D eigenvalue weighted by Gasteiger charge is -2.08. The van der Waals surface area contributed by atoms with Crippen LogP contribution >= 0.6 is 0 Å². The van der Waals surface area contributed by atoms with Crippen molar-refractivity contribution in [2.24, 2.45) is 0 Å². The minimum atomic E-state index is -0.357. The average molecular weight is 272 g/mol. The van der Waals surface area contributed by atoms with Gasteiger partial charge >= 0.3 is 0 Å². The van der Waals surface area contributed by atoms with Gasteiger partial charge in [-0.3, -0.25) is 4.79 Å². The Hall–Kier alpha value is -2.36. The molecule has 0 radical (unpaired) electrons. The molecule has 1 amide bonds. The van der Waals surface area contributed by atoms with Crippen molar-refractivity contribution < 1.29 is 9.18 Å². The van der Waals surface area contributed by atoms with Crippen LogP contribution in [-0.2, 0) is 11.2 Å². The maximum absolute atomic E-state index is 13.3. The second-order valence-electron chi connectivity index (χ2n) is 4.42. The van der Waals surface area contributed by atoms with Crippen molar-refractivity contribution in [1.29, 1.82) is 0 Å². The fourth-order valence-electron chi connectivity index (χ4n) is 1.83. The minimum absolute atomic E-state index is 0.0652. The zero-order valence-corrected chi connectivity index (χ0v) is 11.1. The lowest BCUT2D eigenvalue weighted by atomic mass is 10.1. The van der Waals surface area contributed by atoms with Crippen molar-refractivity contribution in [1.82, 2.24) is 5.32 Å². The number of anilines is 1. The van der Waals surface area contributed by atoms with Gasteiger partial charge < -0.3 is 10.6 Å². The number of carbonyl (C=O) groups is 1. The Bertz CT molecular complexity index is 557. The van der Waals surface area contributed by atoms with E-state index in [2.05, 4.69) is 10.6 Å². The summed E-state index contributed by atoms with van der Waals surface area (Å²) in [6.45, 7) is 0.636. The van der Waals surface area contributed by atoms with E-state index >= 15 is 0 Å². The second-order valence-corrected chi connectivity index (χ2v) is 4.42. The number of para-hydroxylation sites is 1. The van der Waals surface area contributed by atoms with Gasteiger partial charge in [-0.1, -0.05) is 42.5 Å². The minimum Gasteiger partial charge on any atom is -0.374 e. The van der Waals surface area contributed by atoms with Gasteiger partial charge in [0.15, 0.2) is 0 Å². The number of carbonyl (C=O) groups excluding carboxylic acids is 1. The number of halogens is 1. The van der Waals surface area contributed by atoms with Crippen LogP contribution in [0.4, 0.5) is 10.1 Å². The van der Waals surface area contributed by atoms with Gasteiger partial charge in [-0.05, 0) is 24.1 Å². The molecular formula is C16H17FN2O. The van der Waals surface area contributed by atoms with Crippen LogP contribution in [0.25, 0.3) is 0 Å². The standard InChI is InChI=1S/C16H17FN2O/c17-14-8-4-5-9-15(14)19-12-16(20)18-11-10-13-6-2-1-3-7-13/h1-9,19H,10-12H2,(H,18,20). The summed E-state index contributed by atoms with van der Waals surface area (Å²) < 4.78 is 13.3. The molecule has 20 heavy (non-hydrogen) atoms. The van der Waals surface area contributed by atoms with Crippen LogP contribution < -0.4 is 10.6 Å². The van der Waals surface area contributed by atoms with E-state index in [-0.39, 0.29) is 18.3 Å². The van der Waals surface area contributed by atoms with E-state index in [0.29, 0.717) is 12.2 Å². The fraction of sp³-hybridized carbons (Fsp3) is 0.188. The third kappa shape index (κ3) is 4.39. The maximum Gasteiger partial charge on any atom is 0.239 e. The monoisotopic (exact) mass is 272 g/mol. The molecule has 2 aromatic rings. The molecule has 104 valence electrons.